The lowest BCUT2D eigenvalue weighted by atomic mass is 9.97. The molecule has 0 saturated heterocycles. The van der Waals surface area contributed by atoms with Crippen molar-refractivity contribution < 1.29 is 17.6 Å². The summed E-state index contributed by atoms with van der Waals surface area (Å²) in [6, 6.07) is 2.27. The Bertz CT molecular complexity index is 1050. The summed E-state index contributed by atoms with van der Waals surface area (Å²) in [6.45, 7) is 7.13. The largest absolute Gasteiger partial charge is 0.434 e. The normalized spacial score (nSPS) is 12.7. The quantitative estimate of drug-likeness (QED) is 0.544. The van der Waals surface area contributed by atoms with Gasteiger partial charge in [0.2, 0.25) is 0 Å². The molecule has 0 unspecified atom stereocenters. The lowest BCUT2D eigenvalue weighted by molar-refractivity contribution is -0.140. The van der Waals surface area contributed by atoms with Crippen molar-refractivity contribution in [1.29, 1.82) is 0 Å². The second-order valence-electron chi connectivity index (χ2n) is 8.11. The van der Waals surface area contributed by atoms with Crippen LogP contribution in [0.3, 0.4) is 0 Å². The number of halogens is 5. The molecule has 0 fully saturated rings. The third-order valence-electron chi connectivity index (χ3n) is 4.28. The van der Waals surface area contributed by atoms with Crippen LogP contribution in [0, 0.1) is 11.2 Å². The molecule has 3 aromatic rings. The van der Waals surface area contributed by atoms with Crippen LogP contribution in [0.25, 0.3) is 22.3 Å². The zero-order valence-corrected chi connectivity index (χ0v) is 17.2. The van der Waals surface area contributed by atoms with E-state index in [1.165, 1.54) is 6.07 Å². The van der Waals surface area contributed by atoms with Gasteiger partial charge in [0.05, 0.1) is 5.02 Å². The zero-order valence-electron chi connectivity index (χ0n) is 16.5. The summed E-state index contributed by atoms with van der Waals surface area (Å²) >= 11 is 5.86. The van der Waals surface area contributed by atoms with Crippen molar-refractivity contribution in [3.8, 4) is 11.3 Å². The molecule has 3 heterocycles. The van der Waals surface area contributed by atoms with Crippen LogP contribution in [0.15, 0.2) is 24.5 Å². The van der Waals surface area contributed by atoms with Crippen LogP contribution in [0.2, 0.25) is 5.02 Å². The molecule has 0 amide bonds. The van der Waals surface area contributed by atoms with Gasteiger partial charge in [-0.1, -0.05) is 32.4 Å². The highest BCUT2D eigenvalue weighted by Gasteiger charge is 2.37. The van der Waals surface area contributed by atoms with Crippen LogP contribution in [-0.4, -0.2) is 21.6 Å². The molecule has 3 rings (SSSR count). The van der Waals surface area contributed by atoms with E-state index in [4.69, 9.17) is 11.6 Å². The van der Waals surface area contributed by atoms with Gasteiger partial charge in [0.1, 0.15) is 17.2 Å². The molecular formula is C20H21ClF4N4. The minimum absolute atomic E-state index is 0.0322. The lowest BCUT2D eigenvalue weighted by Gasteiger charge is -2.19. The third-order valence-corrected chi connectivity index (χ3v) is 4.48. The van der Waals surface area contributed by atoms with Gasteiger partial charge in [-0.05, 0) is 30.2 Å². The van der Waals surface area contributed by atoms with E-state index in [0.29, 0.717) is 24.1 Å². The van der Waals surface area contributed by atoms with E-state index in [-0.39, 0.29) is 10.4 Å². The van der Waals surface area contributed by atoms with E-state index < -0.39 is 28.9 Å². The van der Waals surface area contributed by atoms with Gasteiger partial charge in [-0.25, -0.2) is 14.4 Å². The number of hydrogen-bond donors (Lipinski definition) is 1. The lowest BCUT2D eigenvalue weighted by Crippen LogP contribution is -2.15. The van der Waals surface area contributed by atoms with E-state index in [1.54, 1.807) is 7.05 Å². The van der Waals surface area contributed by atoms with Gasteiger partial charge in [-0.3, -0.25) is 0 Å². The Labute approximate surface area is 170 Å². The molecule has 0 saturated carbocycles. The van der Waals surface area contributed by atoms with Crippen molar-refractivity contribution in [3.05, 3.63) is 46.6 Å². The summed E-state index contributed by atoms with van der Waals surface area (Å²) in [4.78, 5) is 7.69. The second kappa shape index (κ2) is 7.57. The fourth-order valence-corrected chi connectivity index (χ4v) is 3.41. The van der Waals surface area contributed by atoms with E-state index >= 15 is 0 Å². The number of nitrogens with one attached hydrogen (secondary N) is 1. The first-order valence-electron chi connectivity index (χ1n) is 8.96. The van der Waals surface area contributed by atoms with Gasteiger partial charge in [0.15, 0.2) is 5.69 Å². The number of fused-ring (bicyclic) bond motifs is 1. The molecule has 156 valence electrons. The second-order valence-corrected chi connectivity index (χ2v) is 8.55. The van der Waals surface area contributed by atoms with Gasteiger partial charge in [-0.15, -0.1) is 0 Å². The SMILES string of the molecule is CNCc1cn(CC(C)(C)C)c2nc(-c3cc(Cl)cnc3C(F)(F)F)c(F)cc12. The molecule has 1 N–H and O–H groups in total. The highest BCUT2D eigenvalue weighted by atomic mass is 35.5. The van der Waals surface area contributed by atoms with Crippen LogP contribution in [-0.2, 0) is 19.3 Å². The Morgan fingerprint density at radius 1 is 1.17 bits per heavy atom. The van der Waals surface area contributed by atoms with Crippen molar-refractivity contribution in [1.82, 2.24) is 19.9 Å². The topological polar surface area (TPSA) is 42.7 Å². The first-order chi connectivity index (χ1) is 13.4. The van der Waals surface area contributed by atoms with Crippen LogP contribution in [0.1, 0.15) is 32.0 Å². The predicted molar refractivity (Wildman–Crippen MR) is 105 cm³/mol. The molecule has 0 bridgehead atoms. The van der Waals surface area contributed by atoms with Crippen LogP contribution in [0.5, 0.6) is 0 Å². The molecule has 29 heavy (non-hydrogen) atoms. The smallest absolute Gasteiger partial charge is 0.332 e. The Balaban J connectivity index is 2.30. The molecule has 0 aliphatic carbocycles. The number of rotatable bonds is 4. The molecular weight excluding hydrogens is 408 g/mol. The van der Waals surface area contributed by atoms with E-state index in [0.717, 1.165) is 17.8 Å². The van der Waals surface area contributed by atoms with E-state index in [1.807, 2.05) is 31.5 Å². The maximum Gasteiger partial charge on any atom is 0.434 e. The predicted octanol–water partition coefficient (Wildman–Crippen LogP) is 5.68. The Hall–Kier alpha value is -2.19. The number of hydrogen-bond acceptors (Lipinski definition) is 3. The number of nitrogens with zero attached hydrogens (tertiary/aromatic N) is 3. The third kappa shape index (κ3) is 4.53. The van der Waals surface area contributed by atoms with Crippen LogP contribution in [0.4, 0.5) is 17.6 Å². The maximum atomic E-state index is 14.9. The summed E-state index contributed by atoms with van der Waals surface area (Å²) in [5.41, 5.74) is -1.03. The summed E-state index contributed by atoms with van der Waals surface area (Å²) in [7, 11) is 1.76. The fourth-order valence-electron chi connectivity index (χ4n) is 3.25. The van der Waals surface area contributed by atoms with Crippen molar-refractivity contribution in [2.24, 2.45) is 5.41 Å². The number of pyridine rings is 2. The molecule has 0 aromatic carbocycles. The average Bonchev–Trinajstić information content (AvgIpc) is 2.88. The molecule has 0 atom stereocenters. The van der Waals surface area contributed by atoms with Crippen LogP contribution < -0.4 is 5.32 Å². The van der Waals surface area contributed by atoms with Crippen molar-refractivity contribution >= 4 is 22.6 Å². The number of alkyl halides is 3. The van der Waals surface area contributed by atoms with Gasteiger partial charge < -0.3 is 9.88 Å². The van der Waals surface area contributed by atoms with Gasteiger partial charge in [-0.2, -0.15) is 13.2 Å². The average molecular weight is 429 g/mol. The number of aromatic nitrogens is 3. The zero-order chi connectivity index (χ0) is 21.6. The standard InChI is InChI=1S/C20H21ClF4N4/c1-19(2,3)10-29-9-11(7-26-4)13-6-15(22)16(28-18(13)29)14-5-12(21)8-27-17(14)20(23,24)25/h5-6,8-9,26H,7,10H2,1-4H3. The molecule has 4 nitrogen and oxygen atoms in total. The van der Waals surface area contributed by atoms with Gasteiger partial charge in [0, 0.05) is 36.4 Å². The molecule has 0 aliphatic heterocycles. The minimum Gasteiger partial charge on any atom is -0.332 e. The first kappa shape index (κ1) is 21.5. The monoisotopic (exact) mass is 428 g/mol. The van der Waals surface area contributed by atoms with Crippen molar-refractivity contribution in [2.75, 3.05) is 7.05 Å². The summed E-state index contributed by atoms with van der Waals surface area (Å²) in [5.74, 6) is -0.863. The molecule has 0 aliphatic rings. The van der Waals surface area contributed by atoms with Crippen molar-refractivity contribution in [2.45, 2.75) is 40.0 Å². The van der Waals surface area contributed by atoms with Gasteiger partial charge in [0.25, 0.3) is 0 Å². The van der Waals surface area contributed by atoms with Gasteiger partial charge >= 0.3 is 6.18 Å². The van der Waals surface area contributed by atoms with E-state index in [2.05, 4.69) is 15.3 Å². The highest BCUT2D eigenvalue weighted by Crippen LogP contribution is 2.38. The molecule has 9 heteroatoms. The molecule has 3 aromatic heterocycles. The molecule has 0 spiro atoms. The van der Waals surface area contributed by atoms with E-state index in [9.17, 15) is 17.6 Å². The minimum atomic E-state index is -4.77. The van der Waals surface area contributed by atoms with Crippen LogP contribution >= 0.6 is 11.6 Å². The Morgan fingerprint density at radius 3 is 2.45 bits per heavy atom. The highest BCUT2D eigenvalue weighted by molar-refractivity contribution is 6.30. The molecule has 0 radical (unpaired) electrons. The Morgan fingerprint density at radius 2 is 1.86 bits per heavy atom. The van der Waals surface area contributed by atoms with Crippen molar-refractivity contribution in [3.63, 3.8) is 0 Å². The fraction of sp³-hybridized carbons (Fsp3) is 0.400. The summed E-state index contributed by atoms with van der Waals surface area (Å²) in [5, 5.41) is 3.53. The Kier molecular flexibility index (Phi) is 5.62. The summed E-state index contributed by atoms with van der Waals surface area (Å²) in [6.07, 6.45) is -2.03. The summed E-state index contributed by atoms with van der Waals surface area (Å²) < 4.78 is 57.1. The maximum absolute atomic E-state index is 14.9. The first-order valence-corrected chi connectivity index (χ1v) is 9.34.